The van der Waals surface area contributed by atoms with E-state index in [2.05, 4.69) is 10.2 Å². The van der Waals surface area contributed by atoms with Crippen LogP contribution in [0.4, 0.5) is 0 Å². The van der Waals surface area contributed by atoms with E-state index in [0.717, 1.165) is 41.7 Å². The molecular weight excluding hydrogens is 288 g/mol. The van der Waals surface area contributed by atoms with Gasteiger partial charge in [-0.05, 0) is 24.6 Å². The molecule has 0 spiro atoms. The van der Waals surface area contributed by atoms with Crippen molar-refractivity contribution in [2.24, 2.45) is 0 Å². The van der Waals surface area contributed by atoms with Crippen LogP contribution < -0.4 is 14.8 Å². The predicted octanol–water partition coefficient (Wildman–Crippen LogP) is 1.64. The summed E-state index contributed by atoms with van der Waals surface area (Å²) < 4.78 is 10.7. The standard InChI is InChI=1S/C15H20N2O3S/c1-11(12-2-3-13-14(8-12)20-10-19-13)16-15(18)9-17-4-6-21-7-5-17/h2-3,8,11H,4-7,9-10H2,1H3,(H,16,18)/t11-/m0/s1. The van der Waals surface area contributed by atoms with Crippen LogP contribution in [-0.4, -0.2) is 48.7 Å². The third-order valence-corrected chi connectivity index (χ3v) is 4.69. The van der Waals surface area contributed by atoms with Crippen LogP contribution in [0.15, 0.2) is 18.2 Å². The maximum absolute atomic E-state index is 12.1. The molecule has 3 rings (SSSR count). The van der Waals surface area contributed by atoms with Gasteiger partial charge in [0.15, 0.2) is 11.5 Å². The molecular formula is C15H20N2O3S. The van der Waals surface area contributed by atoms with Gasteiger partial charge in [-0.2, -0.15) is 11.8 Å². The molecule has 1 saturated heterocycles. The molecule has 1 N–H and O–H groups in total. The number of nitrogens with one attached hydrogen (secondary N) is 1. The van der Waals surface area contributed by atoms with Crippen molar-refractivity contribution in [3.63, 3.8) is 0 Å². The van der Waals surface area contributed by atoms with Gasteiger partial charge in [0, 0.05) is 24.6 Å². The lowest BCUT2D eigenvalue weighted by Gasteiger charge is -2.26. The Morgan fingerprint density at radius 3 is 2.90 bits per heavy atom. The second-order valence-corrected chi connectivity index (χ2v) is 6.52. The second-order valence-electron chi connectivity index (χ2n) is 5.29. The molecule has 114 valence electrons. The Morgan fingerprint density at radius 2 is 2.10 bits per heavy atom. The van der Waals surface area contributed by atoms with Crippen molar-refractivity contribution in [2.45, 2.75) is 13.0 Å². The monoisotopic (exact) mass is 308 g/mol. The van der Waals surface area contributed by atoms with E-state index in [1.165, 1.54) is 0 Å². The number of carbonyl (C=O) groups excluding carboxylic acids is 1. The van der Waals surface area contributed by atoms with Crippen LogP contribution in [0.3, 0.4) is 0 Å². The lowest BCUT2D eigenvalue weighted by molar-refractivity contribution is -0.122. The maximum atomic E-state index is 12.1. The molecule has 6 heteroatoms. The number of benzene rings is 1. The van der Waals surface area contributed by atoms with Gasteiger partial charge in [-0.15, -0.1) is 0 Å². The van der Waals surface area contributed by atoms with Crippen molar-refractivity contribution in [1.29, 1.82) is 0 Å². The summed E-state index contributed by atoms with van der Waals surface area (Å²) in [6, 6.07) is 5.76. The molecule has 0 radical (unpaired) electrons. The van der Waals surface area contributed by atoms with Gasteiger partial charge in [-0.25, -0.2) is 0 Å². The molecule has 2 heterocycles. The summed E-state index contributed by atoms with van der Waals surface area (Å²) in [6.07, 6.45) is 0. The molecule has 2 aliphatic rings. The highest BCUT2D eigenvalue weighted by Crippen LogP contribution is 2.34. The van der Waals surface area contributed by atoms with Crippen LogP contribution in [0.25, 0.3) is 0 Å². The molecule has 2 aliphatic heterocycles. The molecule has 21 heavy (non-hydrogen) atoms. The number of carbonyl (C=O) groups is 1. The number of rotatable bonds is 4. The SMILES string of the molecule is C[C@H](NC(=O)CN1CCSCC1)c1ccc2c(c1)OCO2. The molecule has 0 saturated carbocycles. The first kappa shape index (κ1) is 14.5. The van der Waals surface area contributed by atoms with Crippen LogP contribution in [0, 0.1) is 0 Å². The van der Waals surface area contributed by atoms with Crippen LogP contribution >= 0.6 is 11.8 Å². The van der Waals surface area contributed by atoms with Crippen LogP contribution in [0.5, 0.6) is 11.5 Å². The normalized spacial score (nSPS) is 19.3. The highest BCUT2D eigenvalue weighted by Gasteiger charge is 2.18. The number of hydrogen-bond donors (Lipinski definition) is 1. The topological polar surface area (TPSA) is 50.8 Å². The summed E-state index contributed by atoms with van der Waals surface area (Å²) in [5.74, 6) is 3.83. The number of hydrogen-bond acceptors (Lipinski definition) is 5. The van der Waals surface area contributed by atoms with Crippen molar-refractivity contribution < 1.29 is 14.3 Å². The Balaban J connectivity index is 1.55. The van der Waals surface area contributed by atoms with Gasteiger partial charge in [0.05, 0.1) is 12.6 Å². The molecule has 0 bridgehead atoms. The molecule has 1 amide bonds. The summed E-state index contributed by atoms with van der Waals surface area (Å²) in [7, 11) is 0. The van der Waals surface area contributed by atoms with E-state index in [9.17, 15) is 4.79 Å². The second kappa shape index (κ2) is 6.58. The minimum atomic E-state index is -0.0360. The van der Waals surface area contributed by atoms with E-state index in [1.54, 1.807) is 0 Å². The van der Waals surface area contributed by atoms with Crippen LogP contribution in [0.2, 0.25) is 0 Å². The zero-order chi connectivity index (χ0) is 14.7. The van der Waals surface area contributed by atoms with E-state index >= 15 is 0 Å². The Labute approximate surface area is 129 Å². The fraction of sp³-hybridized carbons (Fsp3) is 0.533. The fourth-order valence-electron chi connectivity index (χ4n) is 2.52. The first-order valence-corrected chi connectivity index (χ1v) is 8.37. The predicted molar refractivity (Wildman–Crippen MR) is 82.9 cm³/mol. The fourth-order valence-corrected chi connectivity index (χ4v) is 3.49. The van der Waals surface area contributed by atoms with Crippen molar-refractivity contribution in [1.82, 2.24) is 10.2 Å². The summed E-state index contributed by atoms with van der Waals surface area (Å²) in [4.78, 5) is 14.3. The van der Waals surface area contributed by atoms with Gasteiger partial charge in [-0.3, -0.25) is 9.69 Å². The molecule has 1 aromatic carbocycles. The molecule has 5 nitrogen and oxygen atoms in total. The van der Waals surface area contributed by atoms with Crippen molar-refractivity contribution >= 4 is 17.7 Å². The van der Waals surface area contributed by atoms with E-state index in [4.69, 9.17) is 9.47 Å². The van der Waals surface area contributed by atoms with Gasteiger partial charge >= 0.3 is 0 Å². The quantitative estimate of drug-likeness (QED) is 0.916. The van der Waals surface area contributed by atoms with E-state index in [1.807, 2.05) is 36.9 Å². The Hall–Kier alpha value is -1.40. The molecule has 0 aromatic heterocycles. The first-order chi connectivity index (χ1) is 10.2. The average molecular weight is 308 g/mol. The molecule has 0 unspecified atom stereocenters. The van der Waals surface area contributed by atoms with Gasteiger partial charge in [0.2, 0.25) is 12.7 Å². The zero-order valence-electron chi connectivity index (χ0n) is 12.1. The van der Waals surface area contributed by atoms with E-state index in [0.29, 0.717) is 6.54 Å². The van der Waals surface area contributed by atoms with Crippen molar-refractivity contribution in [3.05, 3.63) is 23.8 Å². The van der Waals surface area contributed by atoms with Crippen molar-refractivity contribution in [2.75, 3.05) is 37.9 Å². The van der Waals surface area contributed by atoms with Gasteiger partial charge in [0.25, 0.3) is 0 Å². The van der Waals surface area contributed by atoms with Crippen molar-refractivity contribution in [3.8, 4) is 11.5 Å². The summed E-state index contributed by atoms with van der Waals surface area (Å²) >= 11 is 1.95. The smallest absolute Gasteiger partial charge is 0.234 e. The molecule has 1 fully saturated rings. The first-order valence-electron chi connectivity index (χ1n) is 7.21. The van der Waals surface area contributed by atoms with Gasteiger partial charge in [-0.1, -0.05) is 6.07 Å². The summed E-state index contributed by atoms with van der Waals surface area (Å²) in [6.45, 7) is 4.73. The van der Waals surface area contributed by atoms with Gasteiger partial charge in [0.1, 0.15) is 0 Å². The average Bonchev–Trinajstić information content (AvgIpc) is 2.95. The Kier molecular flexibility index (Phi) is 4.55. The third-order valence-electron chi connectivity index (χ3n) is 3.75. The minimum Gasteiger partial charge on any atom is -0.454 e. The lowest BCUT2D eigenvalue weighted by Crippen LogP contribution is -2.41. The van der Waals surface area contributed by atoms with Crippen LogP contribution in [-0.2, 0) is 4.79 Å². The Bertz CT molecular complexity index is 518. The number of thioether (sulfide) groups is 1. The maximum Gasteiger partial charge on any atom is 0.234 e. The highest BCUT2D eigenvalue weighted by atomic mass is 32.2. The number of nitrogens with zero attached hydrogens (tertiary/aromatic N) is 1. The molecule has 0 aliphatic carbocycles. The molecule has 1 atom stereocenters. The summed E-state index contributed by atoms with van der Waals surface area (Å²) in [5.41, 5.74) is 1.03. The van der Waals surface area contributed by atoms with E-state index in [-0.39, 0.29) is 18.7 Å². The Morgan fingerprint density at radius 1 is 1.33 bits per heavy atom. The minimum absolute atomic E-state index is 0.0360. The third kappa shape index (κ3) is 3.63. The highest BCUT2D eigenvalue weighted by molar-refractivity contribution is 7.99. The largest absolute Gasteiger partial charge is 0.454 e. The van der Waals surface area contributed by atoms with Gasteiger partial charge < -0.3 is 14.8 Å². The number of fused-ring (bicyclic) bond motifs is 1. The number of amides is 1. The number of ether oxygens (including phenoxy) is 2. The van der Waals surface area contributed by atoms with E-state index < -0.39 is 0 Å². The summed E-state index contributed by atoms with van der Waals surface area (Å²) in [5, 5.41) is 3.05. The lowest BCUT2D eigenvalue weighted by atomic mass is 10.1. The zero-order valence-corrected chi connectivity index (χ0v) is 12.9. The van der Waals surface area contributed by atoms with Crippen LogP contribution in [0.1, 0.15) is 18.5 Å². The molecule has 1 aromatic rings.